The average Bonchev–Trinajstić information content (AvgIpc) is 3.55. The van der Waals surface area contributed by atoms with Crippen molar-refractivity contribution in [3.8, 4) is 5.88 Å². The third-order valence-electron chi connectivity index (χ3n) is 7.52. The number of pyridine rings is 2. The Morgan fingerprint density at radius 2 is 1.98 bits per heavy atom. The predicted molar refractivity (Wildman–Crippen MR) is 161 cm³/mol. The van der Waals surface area contributed by atoms with Crippen molar-refractivity contribution in [2.24, 2.45) is 0 Å². The van der Waals surface area contributed by atoms with Crippen molar-refractivity contribution >= 4 is 40.7 Å². The lowest BCUT2D eigenvalue weighted by Gasteiger charge is -2.25. The molecule has 0 bridgehead atoms. The molecule has 0 aliphatic carbocycles. The van der Waals surface area contributed by atoms with Crippen molar-refractivity contribution in [2.45, 2.75) is 44.8 Å². The molecule has 0 radical (unpaired) electrons. The van der Waals surface area contributed by atoms with Crippen molar-refractivity contribution in [1.29, 1.82) is 0 Å². The van der Waals surface area contributed by atoms with Gasteiger partial charge in [0.25, 0.3) is 0 Å². The molecule has 44 heavy (non-hydrogen) atoms. The van der Waals surface area contributed by atoms with Gasteiger partial charge >= 0.3 is 6.18 Å². The summed E-state index contributed by atoms with van der Waals surface area (Å²) in [7, 11) is 3.91. The molecule has 0 unspecified atom stereocenters. The number of carbonyl (C=O) groups is 1. The smallest absolute Gasteiger partial charge is 0.422 e. The van der Waals surface area contributed by atoms with Crippen LogP contribution in [0.5, 0.6) is 5.88 Å². The summed E-state index contributed by atoms with van der Waals surface area (Å²) in [6.45, 7) is 9.72. The molecule has 0 spiro atoms. The largest absolute Gasteiger partial charge is 0.466 e. The zero-order valence-electron chi connectivity index (χ0n) is 25.2. The molecule has 3 aromatic rings. The molecular formula is C29H35F3N10O2. The Labute approximate surface area is 253 Å². The molecular weight excluding hydrogens is 577 g/mol. The minimum atomic E-state index is -4.61. The van der Waals surface area contributed by atoms with Crippen LogP contribution in [0.15, 0.2) is 37.2 Å². The first kappa shape index (κ1) is 30.9. The van der Waals surface area contributed by atoms with E-state index in [0.717, 1.165) is 29.6 Å². The molecule has 12 nitrogen and oxygen atoms in total. The highest BCUT2D eigenvalue weighted by Crippen LogP contribution is 2.42. The van der Waals surface area contributed by atoms with Crippen LogP contribution in [0, 0.1) is 6.92 Å². The highest BCUT2D eigenvalue weighted by atomic mass is 19.4. The van der Waals surface area contributed by atoms with Crippen molar-refractivity contribution < 1.29 is 22.7 Å². The first-order valence-electron chi connectivity index (χ1n) is 14.0. The Balaban J connectivity index is 1.52. The molecule has 1 atom stereocenters. The Hall–Kier alpha value is -4.53. The Kier molecular flexibility index (Phi) is 8.34. The van der Waals surface area contributed by atoms with Gasteiger partial charge in [-0.3, -0.25) is 9.78 Å². The molecule has 2 N–H and O–H groups in total. The van der Waals surface area contributed by atoms with Gasteiger partial charge in [-0.05, 0) is 51.7 Å². The quantitative estimate of drug-likeness (QED) is 0.335. The Morgan fingerprint density at radius 1 is 1.20 bits per heavy atom. The molecule has 1 fully saturated rings. The fourth-order valence-electron chi connectivity index (χ4n) is 5.31. The number of ether oxygens (including phenoxy) is 1. The van der Waals surface area contributed by atoms with Gasteiger partial charge in [-0.1, -0.05) is 20.4 Å². The molecule has 1 saturated heterocycles. The van der Waals surface area contributed by atoms with E-state index in [4.69, 9.17) is 9.72 Å². The monoisotopic (exact) mass is 612 g/mol. The van der Waals surface area contributed by atoms with Crippen LogP contribution in [0.1, 0.15) is 31.7 Å². The lowest BCUT2D eigenvalue weighted by Crippen LogP contribution is -2.32. The van der Waals surface area contributed by atoms with Gasteiger partial charge in [0.2, 0.25) is 23.7 Å². The SMILES string of the molecule is C=CC(=O)Nc1cc(Nc2ncnc(N3CC(C)(C)c4nc(C)ccc43)n2)c(OCC(F)(F)F)nc1N1CC[C@@H](N(C)C)C1. The first-order valence-corrected chi connectivity index (χ1v) is 14.0. The van der Waals surface area contributed by atoms with Gasteiger partial charge in [-0.25, -0.2) is 9.97 Å². The standard InChI is InChI=1S/C29H35F3N10O2/c1-7-22(43)36-19-12-20(25(44-15-29(30,31)32)38-24(19)41-11-10-18(13-41)40(5)6)37-26-33-16-34-27(39-26)42-14-28(3,4)23-21(42)9-8-17(2)35-23/h7-9,12,16,18H,1,10-11,13-15H2,2-6H3,(H,36,43)(H,33,34,37,39)/t18-/m1/s1. The van der Waals surface area contributed by atoms with Crippen LogP contribution < -0.4 is 25.2 Å². The van der Waals surface area contributed by atoms with Gasteiger partial charge in [-0.2, -0.15) is 23.1 Å². The molecule has 5 heterocycles. The van der Waals surface area contributed by atoms with E-state index in [1.807, 2.05) is 43.0 Å². The number of hydrogen-bond acceptors (Lipinski definition) is 11. The zero-order valence-corrected chi connectivity index (χ0v) is 25.2. The summed E-state index contributed by atoms with van der Waals surface area (Å²) in [6, 6.07) is 5.53. The molecule has 2 aliphatic rings. The average molecular weight is 613 g/mol. The van der Waals surface area contributed by atoms with Crippen LogP contribution in [0.2, 0.25) is 0 Å². The number of aryl methyl sites for hydroxylation is 1. The van der Waals surface area contributed by atoms with Crippen LogP contribution in [0.3, 0.4) is 0 Å². The third kappa shape index (κ3) is 6.67. The molecule has 3 aromatic heterocycles. The van der Waals surface area contributed by atoms with E-state index in [2.05, 4.69) is 55.9 Å². The summed E-state index contributed by atoms with van der Waals surface area (Å²) in [6.07, 6.45) is -1.40. The molecule has 5 rings (SSSR count). The van der Waals surface area contributed by atoms with E-state index in [9.17, 15) is 18.0 Å². The zero-order chi connectivity index (χ0) is 31.8. The summed E-state index contributed by atoms with van der Waals surface area (Å²) in [5, 5.41) is 5.67. The second-order valence-electron chi connectivity index (χ2n) is 11.7. The van der Waals surface area contributed by atoms with Crippen LogP contribution in [0.25, 0.3) is 0 Å². The first-order chi connectivity index (χ1) is 20.7. The highest BCUT2D eigenvalue weighted by Gasteiger charge is 2.39. The topological polar surface area (TPSA) is 125 Å². The molecule has 234 valence electrons. The third-order valence-corrected chi connectivity index (χ3v) is 7.52. The maximum absolute atomic E-state index is 13.3. The lowest BCUT2D eigenvalue weighted by atomic mass is 9.91. The van der Waals surface area contributed by atoms with E-state index in [-0.39, 0.29) is 40.5 Å². The number of carbonyl (C=O) groups excluding carboxylic acids is 1. The fraction of sp³-hybridized carbons (Fsp3) is 0.448. The normalized spacial score (nSPS) is 17.5. The van der Waals surface area contributed by atoms with Gasteiger partial charge in [0.15, 0.2) is 12.4 Å². The van der Waals surface area contributed by atoms with Crippen LogP contribution in [0.4, 0.5) is 47.9 Å². The molecule has 0 saturated carbocycles. The number of rotatable bonds is 9. The van der Waals surface area contributed by atoms with E-state index >= 15 is 0 Å². The number of likely N-dealkylation sites (N-methyl/N-ethyl adjacent to an activating group) is 1. The summed E-state index contributed by atoms with van der Waals surface area (Å²) < 4.78 is 45.0. The van der Waals surface area contributed by atoms with Gasteiger partial charge < -0.3 is 30.1 Å². The van der Waals surface area contributed by atoms with E-state index in [1.165, 1.54) is 12.4 Å². The van der Waals surface area contributed by atoms with Gasteiger partial charge in [0.05, 0.1) is 17.1 Å². The minimum Gasteiger partial charge on any atom is -0.466 e. The number of anilines is 6. The number of nitrogens with one attached hydrogen (secondary N) is 2. The second kappa shape index (κ2) is 11.9. The second-order valence-corrected chi connectivity index (χ2v) is 11.7. The fourth-order valence-corrected chi connectivity index (χ4v) is 5.31. The summed E-state index contributed by atoms with van der Waals surface area (Å²) in [4.78, 5) is 40.6. The number of alkyl halides is 3. The van der Waals surface area contributed by atoms with Crippen molar-refractivity contribution in [3.63, 3.8) is 0 Å². The summed E-state index contributed by atoms with van der Waals surface area (Å²) in [5.74, 6) is -0.177. The lowest BCUT2D eigenvalue weighted by molar-refractivity contribution is -0.153. The number of halogens is 3. The van der Waals surface area contributed by atoms with Crippen molar-refractivity contribution in [2.75, 3.05) is 60.8 Å². The molecule has 15 heteroatoms. The van der Waals surface area contributed by atoms with E-state index in [0.29, 0.717) is 25.6 Å². The maximum atomic E-state index is 13.3. The van der Waals surface area contributed by atoms with Crippen LogP contribution in [-0.4, -0.2) is 88.3 Å². The Bertz CT molecular complexity index is 1560. The number of aromatic nitrogens is 5. The number of amides is 1. The van der Waals surface area contributed by atoms with Crippen molar-refractivity contribution in [3.05, 3.63) is 48.6 Å². The minimum absolute atomic E-state index is 0.0253. The van der Waals surface area contributed by atoms with E-state index < -0.39 is 18.7 Å². The molecule has 0 aromatic carbocycles. The van der Waals surface area contributed by atoms with Gasteiger partial charge in [-0.15, -0.1) is 0 Å². The molecule has 1 amide bonds. The number of nitrogens with zero attached hydrogens (tertiary/aromatic N) is 8. The van der Waals surface area contributed by atoms with Crippen LogP contribution in [-0.2, 0) is 10.2 Å². The summed E-state index contributed by atoms with van der Waals surface area (Å²) in [5.41, 5.74) is 2.67. The highest BCUT2D eigenvalue weighted by molar-refractivity contribution is 6.01. The number of hydrogen-bond donors (Lipinski definition) is 2. The molecule has 2 aliphatic heterocycles. The number of fused-ring (bicyclic) bond motifs is 1. The summed E-state index contributed by atoms with van der Waals surface area (Å²) >= 11 is 0. The van der Waals surface area contributed by atoms with Crippen molar-refractivity contribution in [1.82, 2.24) is 29.8 Å². The van der Waals surface area contributed by atoms with Gasteiger partial charge in [0, 0.05) is 36.8 Å². The van der Waals surface area contributed by atoms with Crippen LogP contribution >= 0.6 is 0 Å². The Morgan fingerprint density at radius 3 is 2.66 bits per heavy atom. The van der Waals surface area contributed by atoms with E-state index in [1.54, 1.807) is 0 Å². The maximum Gasteiger partial charge on any atom is 0.422 e. The van der Waals surface area contributed by atoms with Gasteiger partial charge in [0.1, 0.15) is 12.0 Å². The predicted octanol–water partition coefficient (Wildman–Crippen LogP) is 4.35.